The summed E-state index contributed by atoms with van der Waals surface area (Å²) < 4.78 is 11.3. The zero-order valence-corrected chi connectivity index (χ0v) is 17.2. The second-order valence-corrected chi connectivity index (χ2v) is 6.52. The van der Waals surface area contributed by atoms with Gasteiger partial charge in [-0.05, 0) is 32.0 Å². The van der Waals surface area contributed by atoms with Crippen molar-refractivity contribution < 1.29 is 9.47 Å². The first-order valence-electron chi connectivity index (χ1n) is 8.89. The molecule has 1 fully saturated rings. The molecule has 1 heterocycles. The van der Waals surface area contributed by atoms with Gasteiger partial charge in [0.1, 0.15) is 0 Å². The first-order valence-corrected chi connectivity index (χ1v) is 8.89. The summed E-state index contributed by atoms with van der Waals surface area (Å²) in [6, 6.07) is 6.47. The van der Waals surface area contributed by atoms with Gasteiger partial charge in [-0.1, -0.05) is 12.8 Å². The summed E-state index contributed by atoms with van der Waals surface area (Å²) in [4.78, 5) is 6.83. The molecule has 25 heavy (non-hydrogen) atoms. The molecule has 3 N–H and O–H groups in total. The molecule has 0 aromatic heterocycles. The summed E-state index contributed by atoms with van der Waals surface area (Å²) in [5.74, 6) is 1.97. The van der Waals surface area contributed by atoms with Crippen LogP contribution in [0, 0.1) is 0 Å². The highest BCUT2D eigenvalue weighted by Gasteiger charge is 2.18. The Labute approximate surface area is 167 Å². The van der Waals surface area contributed by atoms with E-state index < -0.39 is 0 Å². The fourth-order valence-corrected chi connectivity index (χ4v) is 3.28. The van der Waals surface area contributed by atoms with Gasteiger partial charge < -0.3 is 25.4 Å². The standard InChI is InChI=1S/C18H28N4O2.HI/c1-22(15-5-2-3-6-15)10-9-20-18(19)21-14-7-8-16-17(13-14)24-12-4-11-23-16;/h7-8,13,15H,2-6,9-12H2,1H3,(H3,19,20,21);1H. The molecule has 0 saturated heterocycles. The van der Waals surface area contributed by atoms with Gasteiger partial charge in [0, 0.05) is 30.8 Å². The summed E-state index contributed by atoms with van der Waals surface area (Å²) in [6.07, 6.45) is 6.23. The topological polar surface area (TPSA) is 72.1 Å². The van der Waals surface area contributed by atoms with Gasteiger partial charge in [0.15, 0.2) is 17.5 Å². The highest BCUT2D eigenvalue weighted by atomic mass is 127. The van der Waals surface area contributed by atoms with Crippen molar-refractivity contribution >= 4 is 35.6 Å². The lowest BCUT2D eigenvalue weighted by Gasteiger charge is -2.22. The number of nitrogens with one attached hydrogen (secondary N) is 1. The molecule has 1 aliphatic heterocycles. The quantitative estimate of drug-likeness (QED) is 0.402. The summed E-state index contributed by atoms with van der Waals surface area (Å²) in [5, 5.41) is 3.13. The maximum absolute atomic E-state index is 6.00. The van der Waals surface area contributed by atoms with E-state index in [1.165, 1.54) is 25.7 Å². The van der Waals surface area contributed by atoms with Crippen molar-refractivity contribution in [1.82, 2.24) is 4.90 Å². The molecule has 140 valence electrons. The third-order valence-corrected chi connectivity index (χ3v) is 4.70. The molecule has 1 saturated carbocycles. The average Bonchev–Trinajstić information content (AvgIpc) is 3.01. The first-order chi connectivity index (χ1) is 11.7. The van der Waals surface area contributed by atoms with Gasteiger partial charge in [-0.15, -0.1) is 24.0 Å². The van der Waals surface area contributed by atoms with Crippen LogP contribution >= 0.6 is 24.0 Å². The third kappa shape index (κ3) is 5.91. The minimum absolute atomic E-state index is 0. The lowest BCUT2D eigenvalue weighted by molar-refractivity contribution is 0.252. The number of hydrogen-bond donors (Lipinski definition) is 2. The summed E-state index contributed by atoms with van der Waals surface area (Å²) >= 11 is 0. The Morgan fingerprint density at radius 1 is 1.20 bits per heavy atom. The molecule has 6 nitrogen and oxygen atoms in total. The van der Waals surface area contributed by atoms with Crippen molar-refractivity contribution in [2.45, 2.75) is 38.1 Å². The van der Waals surface area contributed by atoms with Gasteiger partial charge in [0.2, 0.25) is 0 Å². The molecule has 0 unspecified atom stereocenters. The van der Waals surface area contributed by atoms with Crippen LogP contribution in [0.5, 0.6) is 11.5 Å². The highest BCUT2D eigenvalue weighted by Crippen LogP contribution is 2.32. The zero-order chi connectivity index (χ0) is 16.8. The van der Waals surface area contributed by atoms with Gasteiger partial charge in [0.05, 0.1) is 19.8 Å². The van der Waals surface area contributed by atoms with Crippen molar-refractivity contribution in [2.24, 2.45) is 10.7 Å². The van der Waals surface area contributed by atoms with E-state index in [2.05, 4.69) is 22.3 Å². The minimum Gasteiger partial charge on any atom is -0.490 e. The van der Waals surface area contributed by atoms with Crippen LogP contribution in [-0.4, -0.2) is 50.3 Å². The Morgan fingerprint density at radius 2 is 1.92 bits per heavy atom. The van der Waals surface area contributed by atoms with Crippen LogP contribution in [-0.2, 0) is 0 Å². The number of nitrogens with two attached hydrogens (primary N) is 1. The van der Waals surface area contributed by atoms with Crippen LogP contribution in [0.25, 0.3) is 0 Å². The number of halogens is 1. The maximum Gasteiger partial charge on any atom is 0.193 e. The second kappa shape index (κ2) is 10.1. The normalized spacial score (nSPS) is 17.9. The molecule has 0 amide bonds. The van der Waals surface area contributed by atoms with E-state index >= 15 is 0 Å². The number of likely N-dealkylation sites (N-methyl/N-ethyl adjacent to an activating group) is 1. The van der Waals surface area contributed by atoms with Crippen molar-refractivity contribution in [3.63, 3.8) is 0 Å². The largest absolute Gasteiger partial charge is 0.490 e. The molecule has 1 aliphatic carbocycles. The summed E-state index contributed by atoms with van der Waals surface area (Å²) in [5.41, 5.74) is 6.87. The minimum atomic E-state index is 0. The van der Waals surface area contributed by atoms with E-state index in [4.69, 9.17) is 15.2 Å². The van der Waals surface area contributed by atoms with Crippen LogP contribution in [0.15, 0.2) is 23.2 Å². The average molecular weight is 460 g/mol. The molecular weight excluding hydrogens is 431 g/mol. The lowest BCUT2D eigenvalue weighted by atomic mass is 10.2. The predicted octanol–water partition coefficient (Wildman–Crippen LogP) is 3.07. The Kier molecular flexibility index (Phi) is 8.08. The number of ether oxygens (including phenoxy) is 2. The number of rotatable bonds is 5. The van der Waals surface area contributed by atoms with E-state index in [1.807, 2.05) is 18.2 Å². The van der Waals surface area contributed by atoms with Crippen LogP contribution in [0.4, 0.5) is 5.69 Å². The number of hydrogen-bond acceptors (Lipinski definition) is 4. The van der Waals surface area contributed by atoms with Gasteiger partial charge >= 0.3 is 0 Å². The number of guanidine groups is 1. The van der Waals surface area contributed by atoms with Crippen molar-refractivity contribution in [2.75, 3.05) is 38.7 Å². The Bertz CT molecular complexity index is 576. The molecule has 7 heteroatoms. The number of anilines is 1. The van der Waals surface area contributed by atoms with Crippen LogP contribution in [0.2, 0.25) is 0 Å². The van der Waals surface area contributed by atoms with Crippen molar-refractivity contribution in [3.8, 4) is 11.5 Å². The van der Waals surface area contributed by atoms with Gasteiger partial charge in [-0.3, -0.25) is 4.99 Å². The van der Waals surface area contributed by atoms with Crippen molar-refractivity contribution in [1.29, 1.82) is 0 Å². The van der Waals surface area contributed by atoms with E-state index in [9.17, 15) is 0 Å². The molecule has 0 spiro atoms. The molecule has 1 aromatic rings. The van der Waals surface area contributed by atoms with Crippen molar-refractivity contribution in [3.05, 3.63) is 18.2 Å². The number of fused-ring (bicyclic) bond motifs is 1. The SMILES string of the molecule is CN(CCN=C(N)Nc1ccc2c(c1)OCCCO2)C1CCCC1.I. The highest BCUT2D eigenvalue weighted by molar-refractivity contribution is 14.0. The molecule has 0 atom stereocenters. The number of benzene rings is 1. The second-order valence-electron chi connectivity index (χ2n) is 6.52. The lowest BCUT2D eigenvalue weighted by Crippen LogP contribution is -2.32. The van der Waals surface area contributed by atoms with Crippen LogP contribution in [0.1, 0.15) is 32.1 Å². The monoisotopic (exact) mass is 460 g/mol. The zero-order valence-electron chi connectivity index (χ0n) is 14.9. The Hall–Kier alpha value is -1.22. The molecule has 0 bridgehead atoms. The predicted molar refractivity (Wildman–Crippen MR) is 112 cm³/mol. The van der Waals surface area contributed by atoms with Crippen LogP contribution in [0.3, 0.4) is 0 Å². The van der Waals surface area contributed by atoms with Gasteiger partial charge in [-0.25, -0.2) is 0 Å². The van der Waals surface area contributed by atoms with E-state index in [1.54, 1.807) is 0 Å². The Balaban J connectivity index is 0.00000225. The molecular formula is C18H29IN4O2. The van der Waals surface area contributed by atoms with E-state index in [0.29, 0.717) is 25.7 Å². The fraction of sp³-hybridized carbons (Fsp3) is 0.611. The fourth-order valence-electron chi connectivity index (χ4n) is 3.28. The molecule has 3 rings (SSSR count). The van der Waals surface area contributed by atoms with Gasteiger partial charge in [0.25, 0.3) is 0 Å². The Morgan fingerprint density at radius 3 is 2.68 bits per heavy atom. The summed E-state index contributed by atoms with van der Waals surface area (Å²) in [6.45, 7) is 3.01. The third-order valence-electron chi connectivity index (χ3n) is 4.70. The molecule has 1 aromatic carbocycles. The molecule has 2 aliphatic rings. The first kappa shape index (κ1) is 20.1. The number of aliphatic imine (C=N–C) groups is 1. The summed E-state index contributed by atoms with van der Waals surface area (Å²) in [7, 11) is 2.18. The van der Waals surface area contributed by atoms with Gasteiger partial charge in [-0.2, -0.15) is 0 Å². The molecule has 0 radical (unpaired) electrons. The smallest absolute Gasteiger partial charge is 0.193 e. The number of nitrogens with zero attached hydrogens (tertiary/aromatic N) is 2. The van der Waals surface area contributed by atoms with E-state index in [-0.39, 0.29) is 24.0 Å². The maximum atomic E-state index is 6.00. The van der Waals surface area contributed by atoms with E-state index in [0.717, 1.165) is 36.2 Å². The van der Waals surface area contributed by atoms with Crippen LogP contribution < -0.4 is 20.5 Å².